The van der Waals surface area contributed by atoms with Crippen molar-refractivity contribution in [3.05, 3.63) is 0 Å². The molecule has 0 radical (unpaired) electrons. The van der Waals surface area contributed by atoms with Crippen molar-refractivity contribution in [3.63, 3.8) is 0 Å². The highest BCUT2D eigenvalue weighted by Crippen LogP contribution is 2.13. The third-order valence-electron chi connectivity index (χ3n) is 4.51. The summed E-state index contributed by atoms with van der Waals surface area (Å²) in [4.78, 5) is 35.1. The van der Waals surface area contributed by atoms with E-state index in [9.17, 15) is 14.4 Å². The molecule has 6 heteroatoms. The summed E-state index contributed by atoms with van der Waals surface area (Å²) in [6.45, 7) is 0.390. The highest BCUT2D eigenvalue weighted by atomic mass is 16.3. The van der Waals surface area contributed by atoms with Gasteiger partial charge in [0, 0.05) is 6.42 Å². The van der Waals surface area contributed by atoms with Gasteiger partial charge in [-0.3, -0.25) is 14.4 Å². The molecule has 6 nitrogen and oxygen atoms in total. The summed E-state index contributed by atoms with van der Waals surface area (Å²) in [6.07, 6.45) is 15.5. The number of carbonyl (C=O) groups excluding carboxylic acids is 3. The van der Waals surface area contributed by atoms with Crippen molar-refractivity contribution in [2.45, 2.75) is 96.8 Å². The average molecular weight is 372 g/mol. The number of hydrogen-bond donors (Lipinski definition) is 2. The Kier molecular flexibility index (Phi) is 16.3. The Morgan fingerprint density at radius 3 is 1.27 bits per heavy atom. The lowest BCUT2D eigenvalue weighted by Crippen LogP contribution is -2.44. The lowest BCUT2D eigenvalue weighted by molar-refractivity contribution is -0.156. The molecule has 3 amide bonds. The fourth-order valence-corrected chi connectivity index (χ4v) is 2.96. The molecule has 0 saturated carbocycles. The van der Waals surface area contributed by atoms with Gasteiger partial charge in [-0.25, -0.2) is 4.90 Å². The normalized spacial score (nSPS) is 10.7. The number of unbranched alkanes of at least 4 members (excludes halogenated alkanes) is 12. The third-order valence-corrected chi connectivity index (χ3v) is 4.51. The Labute approximate surface area is 158 Å². The molecule has 0 aromatic carbocycles. The van der Waals surface area contributed by atoms with Crippen LogP contribution in [0.3, 0.4) is 0 Å². The van der Waals surface area contributed by atoms with E-state index < -0.39 is 30.9 Å². The number of carbonyl (C=O) groups is 3. The number of aliphatic hydroxyl groups excluding tert-OH is 2. The van der Waals surface area contributed by atoms with Crippen molar-refractivity contribution < 1.29 is 24.6 Å². The molecule has 152 valence electrons. The van der Waals surface area contributed by atoms with Gasteiger partial charge in [0.05, 0.1) is 0 Å². The number of imide groups is 3. The Hall–Kier alpha value is -1.27. The van der Waals surface area contributed by atoms with Crippen LogP contribution < -0.4 is 0 Å². The maximum absolute atomic E-state index is 11.9. The molecule has 2 N–H and O–H groups in total. The van der Waals surface area contributed by atoms with Gasteiger partial charge >= 0.3 is 0 Å². The summed E-state index contributed by atoms with van der Waals surface area (Å²) < 4.78 is 0. The molecular weight excluding hydrogens is 334 g/mol. The molecular formula is C20H37NO5. The van der Waals surface area contributed by atoms with Gasteiger partial charge in [0.2, 0.25) is 5.91 Å². The van der Waals surface area contributed by atoms with Gasteiger partial charge in [-0.1, -0.05) is 84.0 Å². The minimum Gasteiger partial charge on any atom is -0.387 e. The van der Waals surface area contributed by atoms with Crippen molar-refractivity contribution in [1.82, 2.24) is 4.90 Å². The zero-order valence-electron chi connectivity index (χ0n) is 16.4. The molecule has 0 heterocycles. The van der Waals surface area contributed by atoms with Crippen LogP contribution in [0.25, 0.3) is 0 Å². The first kappa shape index (κ1) is 24.7. The van der Waals surface area contributed by atoms with Crippen LogP contribution in [0.15, 0.2) is 0 Å². The third kappa shape index (κ3) is 12.1. The van der Waals surface area contributed by atoms with Gasteiger partial charge in [-0.05, 0) is 6.42 Å². The highest BCUT2D eigenvalue weighted by Gasteiger charge is 2.26. The highest BCUT2D eigenvalue weighted by molar-refractivity contribution is 6.11. The minimum absolute atomic E-state index is 0.0786. The molecule has 0 aliphatic heterocycles. The fraction of sp³-hybridized carbons (Fsp3) is 0.850. The summed E-state index contributed by atoms with van der Waals surface area (Å²) in [5.41, 5.74) is 0. The molecule has 0 spiro atoms. The van der Waals surface area contributed by atoms with E-state index in [0.717, 1.165) is 19.3 Å². The topological polar surface area (TPSA) is 94.9 Å². The van der Waals surface area contributed by atoms with Crippen LogP contribution in [0.5, 0.6) is 0 Å². The van der Waals surface area contributed by atoms with E-state index in [0.29, 0.717) is 11.3 Å². The van der Waals surface area contributed by atoms with Crippen molar-refractivity contribution in [3.8, 4) is 0 Å². The SMILES string of the molecule is CCCCCCCCCCCCCCCC(=O)N(C(=O)CO)C(=O)CO. The van der Waals surface area contributed by atoms with Crippen molar-refractivity contribution >= 4 is 17.7 Å². The summed E-state index contributed by atoms with van der Waals surface area (Å²) >= 11 is 0. The van der Waals surface area contributed by atoms with Crippen LogP contribution in [0.4, 0.5) is 0 Å². The van der Waals surface area contributed by atoms with Crippen LogP contribution in [0.1, 0.15) is 96.8 Å². The summed E-state index contributed by atoms with van der Waals surface area (Å²) in [6, 6.07) is 0. The first-order valence-electron chi connectivity index (χ1n) is 10.2. The molecule has 0 aliphatic carbocycles. The maximum Gasteiger partial charge on any atom is 0.261 e. The second kappa shape index (κ2) is 17.2. The van der Waals surface area contributed by atoms with E-state index in [4.69, 9.17) is 10.2 Å². The lowest BCUT2D eigenvalue weighted by Gasteiger charge is -2.16. The first-order chi connectivity index (χ1) is 12.6. The zero-order chi connectivity index (χ0) is 19.6. The van der Waals surface area contributed by atoms with Gasteiger partial charge in [-0.15, -0.1) is 0 Å². The van der Waals surface area contributed by atoms with E-state index in [-0.39, 0.29) is 6.42 Å². The van der Waals surface area contributed by atoms with E-state index in [2.05, 4.69) is 6.92 Å². The Morgan fingerprint density at radius 2 is 0.923 bits per heavy atom. The average Bonchev–Trinajstić information content (AvgIpc) is 2.65. The zero-order valence-corrected chi connectivity index (χ0v) is 16.4. The molecule has 0 aliphatic rings. The number of rotatable bonds is 16. The summed E-state index contributed by atoms with van der Waals surface area (Å²) in [7, 11) is 0. The molecule has 26 heavy (non-hydrogen) atoms. The predicted octanol–water partition coefficient (Wildman–Crippen LogP) is 3.33. The van der Waals surface area contributed by atoms with Crippen LogP contribution in [-0.4, -0.2) is 46.0 Å². The second-order valence-electron chi connectivity index (χ2n) is 6.83. The quantitative estimate of drug-likeness (QED) is 0.406. The summed E-state index contributed by atoms with van der Waals surface area (Å²) in [5.74, 6) is -2.61. The molecule has 0 aromatic rings. The number of aliphatic hydroxyl groups is 2. The standard InChI is InChI=1S/C20H37NO5/c1-2-3-4-5-6-7-8-9-10-11-12-13-14-15-18(24)21(19(25)16-22)20(26)17-23/h22-23H,2-17H2,1H3. The smallest absolute Gasteiger partial charge is 0.261 e. The fourth-order valence-electron chi connectivity index (χ4n) is 2.96. The van der Waals surface area contributed by atoms with Crippen molar-refractivity contribution in [2.75, 3.05) is 13.2 Å². The van der Waals surface area contributed by atoms with Crippen LogP contribution in [-0.2, 0) is 14.4 Å². The minimum atomic E-state index is -0.983. The molecule has 0 aromatic heterocycles. The van der Waals surface area contributed by atoms with E-state index in [1.807, 2.05) is 0 Å². The van der Waals surface area contributed by atoms with Gasteiger partial charge in [0.15, 0.2) is 0 Å². The van der Waals surface area contributed by atoms with Crippen molar-refractivity contribution in [2.24, 2.45) is 0 Å². The van der Waals surface area contributed by atoms with Crippen molar-refractivity contribution in [1.29, 1.82) is 0 Å². The Balaban J connectivity index is 3.63. The molecule has 0 bridgehead atoms. The monoisotopic (exact) mass is 371 g/mol. The maximum atomic E-state index is 11.9. The van der Waals surface area contributed by atoms with Gasteiger partial charge < -0.3 is 10.2 Å². The largest absolute Gasteiger partial charge is 0.387 e. The lowest BCUT2D eigenvalue weighted by atomic mass is 10.0. The Bertz CT molecular complexity index is 382. The number of hydrogen-bond acceptors (Lipinski definition) is 5. The van der Waals surface area contributed by atoms with Crippen LogP contribution in [0.2, 0.25) is 0 Å². The Morgan fingerprint density at radius 1 is 0.577 bits per heavy atom. The van der Waals surface area contributed by atoms with Gasteiger partial charge in [-0.2, -0.15) is 0 Å². The van der Waals surface area contributed by atoms with Crippen LogP contribution >= 0.6 is 0 Å². The first-order valence-corrected chi connectivity index (χ1v) is 10.2. The van der Waals surface area contributed by atoms with Gasteiger partial charge in [0.25, 0.3) is 11.8 Å². The molecule has 0 saturated heterocycles. The summed E-state index contributed by atoms with van der Waals surface area (Å²) in [5, 5.41) is 17.6. The number of nitrogens with zero attached hydrogens (tertiary/aromatic N) is 1. The van der Waals surface area contributed by atoms with E-state index >= 15 is 0 Å². The molecule has 0 unspecified atom stereocenters. The van der Waals surface area contributed by atoms with Gasteiger partial charge in [0.1, 0.15) is 13.2 Å². The number of amides is 3. The second-order valence-corrected chi connectivity index (χ2v) is 6.83. The van der Waals surface area contributed by atoms with Crippen LogP contribution in [0, 0.1) is 0 Å². The molecule has 0 atom stereocenters. The van der Waals surface area contributed by atoms with E-state index in [1.54, 1.807) is 0 Å². The molecule has 0 rings (SSSR count). The van der Waals surface area contributed by atoms with E-state index in [1.165, 1.54) is 57.8 Å². The molecule has 0 fully saturated rings. The predicted molar refractivity (Wildman–Crippen MR) is 101 cm³/mol.